The van der Waals surface area contributed by atoms with Gasteiger partial charge in [-0.25, -0.2) is 0 Å². The van der Waals surface area contributed by atoms with Gasteiger partial charge in [0.2, 0.25) is 0 Å². The SMILES string of the molecule is CCCC1CNCCC1c1ncc(Br)cc1Br. The van der Waals surface area contributed by atoms with Gasteiger partial charge >= 0.3 is 0 Å². The second-order valence-corrected chi connectivity index (χ2v) is 6.44. The smallest absolute Gasteiger partial charge is 0.0580 e. The molecule has 1 saturated heterocycles. The first-order chi connectivity index (χ1) is 8.22. The molecule has 4 heteroatoms. The molecule has 17 heavy (non-hydrogen) atoms. The molecular weight excluding hydrogens is 344 g/mol. The number of piperidine rings is 1. The third-order valence-corrected chi connectivity index (χ3v) is 4.52. The van der Waals surface area contributed by atoms with Gasteiger partial charge in [-0.2, -0.15) is 0 Å². The molecule has 2 unspecified atom stereocenters. The van der Waals surface area contributed by atoms with Crippen LogP contribution in [0.4, 0.5) is 0 Å². The summed E-state index contributed by atoms with van der Waals surface area (Å²) < 4.78 is 2.17. The highest BCUT2D eigenvalue weighted by Gasteiger charge is 2.28. The molecule has 1 aliphatic heterocycles. The highest BCUT2D eigenvalue weighted by atomic mass is 79.9. The van der Waals surface area contributed by atoms with Crippen LogP contribution in [0.1, 0.15) is 37.8 Å². The Morgan fingerprint density at radius 1 is 1.47 bits per heavy atom. The van der Waals surface area contributed by atoms with Gasteiger partial charge in [0.1, 0.15) is 0 Å². The van der Waals surface area contributed by atoms with Crippen LogP contribution >= 0.6 is 31.9 Å². The molecule has 1 aromatic heterocycles. The van der Waals surface area contributed by atoms with Gasteiger partial charge in [0.05, 0.1) is 5.69 Å². The maximum absolute atomic E-state index is 4.61. The number of hydrogen-bond donors (Lipinski definition) is 1. The summed E-state index contributed by atoms with van der Waals surface area (Å²) in [4.78, 5) is 4.61. The summed E-state index contributed by atoms with van der Waals surface area (Å²) in [5, 5.41) is 3.50. The minimum Gasteiger partial charge on any atom is -0.316 e. The molecule has 0 bridgehead atoms. The van der Waals surface area contributed by atoms with Gasteiger partial charge in [0.15, 0.2) is 0 Å². The topological polar surface area (TPSA) is 24.9 Å². The van der Waals surface area contributed by atoms with Crippen molar-refractivity contribution in [3.8, 4) is 0 Å². The van der Waals surface area contributed by atoms with Gasteiger partial charge in [-0.15, -0.1) is 0 Å². The van der Waals surface area contributed by atoms with E-state index in [-0.39, 0.29) is 0 Å². The van der Waals surface area contributed by atoms with Crippen molar-refractivity contribution < 1.29 is 0 Å². The predicted molar refractivity (Wildman–Crippen MR) is 78.3 cm³/mol. The first kappa shape index (κ1) is 13.5. The van der Waals surface area contributed by atoms with Crippen LogP contribution in [-0.4, -0.2) is 18.1 Å². The third kappa shape index (κ3) is 3.30. The highest BCUT2D eigenvalue weighted by molar-refractivity contribution is 9.11. The molecule has 0 amide bonds. The van der Waals surface area contributed by atoms with E-state index in [2.05, 4.69) is 55.2 Å². The number of aromatic nitrogens is 1. The van der Waals surface area contributed by atoms with E-state index >= 15 is 0 Å². The largest absolute Gasteiger partial charge is 0.316 e. The number of hydrogen-bond acceptors (Lipinski definition) is 2. The molecule has 2 atom stereocenters. The lowest BCUT2D eigenvalue weighted by atomic mass is 9.81. The van der Waals surface area contributed by atoms with Gasteiger partial charge in [0.25, 0.3) is 0 Å². The van der Waals surface area contributed by atoms with Crippen LogP contribution in [0.3, 0.4) is 0 Å². The van der Waals surface area contributed by atoms with Crippen molar-refractivity contribution in [2.75, 3.05) is 13.1 Å². The molecule has 0 radical (unpaired) electrons. The highest BCUT2D eigenvalue weighted by Crippen LogP contribution is 2.36. The number of halogens is 2. The van der Waals surface area contributed by atoms with E-state index in [0.717, 1.165) is 28.0 Å². The van der Waals surface area contributed by atoms with Gasteiger partial charge in [0, 0.05) is 21.1 Å². The summed E-state index contributed by atoms with van der Waals surface area (Å²) in [6.45, 7) is 4.49. The third-order valence-electron chi connectivity index (χ3n) is 3.45. The quantitative estimate of drug-likeness (QED) is 0.876. The fraction of sp³-hybridized carbons (Fsp3) is 0.615. The Labute approximate surface area is 120 Å². The van der Waals surface area contributed by atoms with Gasteiger partial charge in [-0.3, -0.25) is 4.98 Å². The van der Waals surface area contributed by atoms with E-state index in [1.54, 1.807) is 0 Å². The Morgan fingerprint density at radius 3 is 3.00 bits per heavy atom. The van der Waals surface area contributed by atoms with Crippen molar-refractivity contribution >= 4 is 31.9 Å². The lowest BCUT2D eigenvalue weighted by molar-refractivity contribution is 0.301. The van der Waals surface area contributed by atoms with Crippen molar-refractivity contribution in [1.29, 1.82) is 0 Å². The minimum atomic E-state index is 0.596. The Bertz CT molecular complexity index is 380. The number of rotatable bonds is 3. The molecule has 2 heterocycles. The van der Waals surface area contributed by atoms with Crippen molar-refractivity contribution in [1.82, 2.24) is 10.3 Å². The van der Waals surface area contributed by atoms with E-state index in [9.17, 15) is 0 Å². The zero-order valence-corrected chi connectivity index (χ0v) is 13.2. The molecule has 94 valence electrons. The van der Waals surface area contributed by atoms with Gasteiger partial charge in [-0.1, -0.05) is 13.3 Å². The standard InChI is InChI=1S/C13H18Br2N2/c1-2-3-9-7-16-5-4-11(9)13-12(15)6-10(14)8-17-13/h6,8-9,11,16H,2-5,7H2,1H3. The van der Waals surface area contributed by atoms with Gasteiger partial charge < -0.3 is 5.32 Å². The zero-order valence-electron chi connectivity index (χ0n) is 10.0. The molecule has 2 rings (SSSR count). The van der Waals surface area contributed by atoms with E-state index in [1.165, 1.54) is 25.0 Å². The lowest BCUT2D eigenvalue weighted by Crippen LogP contribution is -2.35. The van der Waals surface area contributed by atoms with Crippen LogP contribution in [0.15, 0.2) is 21.2 Å². The van der Waals surface area contributed by atoms with Gasteiger partial charge in [-0.05, 0) is 69.8 Å². The number of pyridine rings is 1. The Kier molecular flexibility index (Phi) is 5.00. The average molecular weight is 362 g/mol. The molecule has 1 N–H and O–H groups in total. The van der Waals surface area contributed by atoms with Crippen LogP contribution in [0.25, 0.3) is 0 Å². The normalized spacial score (nSPS) is 24.9. The average Bonchev–Trinajstić information content (AvgIpc) is 2.31. The van der Waals surface area contributed by atoms with E-state index in [4.69, 9.17) is 0 Å². The van der Waals surface area contributed by atoms with Crippen LogP contribution in [0, 0.1) is 5.92 Å². The molecule has 2 nitrogen and oxygen atoms in total. The first-order valence-electron chi connectivity index (χ1n) is 6.24. The molecule has 1 aliphatic rings. The van der Waals surface area contributed by atoms with Crippen molar-refractivity contribution in [3.05, 3.63) is 26.9 Å². The summed E-state index contributed by atoms with van der Waals surface area (Å²) in [6, 6.07) is 2.10. The Morgan fingerprint density at radius 2 is 2.29 bits per heavy atom. The summed E-state index contributed by atoms with van der Waals surface area (Å²) in [5.41, 5.74) is 1.23. The Hall–Kier alpha value is 0.0700. The fourth-order valence-electron chi connectivity index (χ4n) is 2.65. The van der Waals surface area contributed by atoms with Crippen molar-refractivity contribution in [2.24, 2.45) is 5.92 Å². The molecule has 0 spiro atoms. The van der Waals surface area contributed by atoms with E-state index in [1.807, 2.05) is 6.20 Å². The van der Waals surface area contributed by atoms with Crippen LogP contribution in [-0.2, 0) is 0 Å². The monoisotopic (exact) mass is 360 g/mol. The minimum absolute atomic E-state index is 0.596. The number of nitrogens with one attached hydrogen (secondary N) is 1. The predicted octanol–water partition coefficient (Wildman–Crippen LogP) is 4.10. The fourth-order valence-corrected chi connectivity index (χ4v) is 3.94. The molecule has 0 aliphatic carbocycles. The van der Waals surface area contributed by atoms with Crippen LogP contribution < -0.4 is 5.32 Å². The van der Waals surface area contributed by atoms with Crippen molar-refractivity contribution in [2.45, 2.75) is 32.1 Å². The van der Waals surface area contributed by atoms with Crippen LogP contribution in [0.5, 0.6) is 0 Å². The maximum atomic E-state index is 4.61. The number of nitrogens with zero attached hydrogens (tertiary/aromatic N) is 1. The molecule has 0 aromatic carbocycles. The second-order valence-electron chi connectivity index (χ2n) is 4.67. The summed E-state index contributed by atoms with van der Waals surface area (Å²) >= 11 is 7.11. The Balaban J connectivity index is 2.23. The van der Waals surface area contributed by atoms with E-state index in [0.29, 0.717) is 5.92 Å². The van der Waals surface area contributed by atoms with Crippen molar-refractivity contribution in [3.63, 3.8) is 0 Å². The summed E-state index contributed by atoms with van der Waals surface area (Å²) in [7, 11) is 0. The summed E-state index contributed by atoms with van der Waals surface area (Å²) in [6.07, 6.45) is 5.63. The maximum Gasteiger partial charge on any atom is 0.0580 e. The lowest BCUT2D eigenvalue weighted by Gasteiger charge is -2.32. The van der Waals surface area contributed by atoms with E-state index < -0.39 is 0 Å². The first-order valence-corrected chi connectivity index (χ1v) is 7.82. The summed E-state index contributed by atoms with van der Waals surface area (Å²) in [5.74, 6) is 1.32. The zero-order chi connectivity index (χ0) is 12.3. The molecule has 0 saturated carbocycles. The second kappa shape index (κ2) is 6.30. The van der Waals surface area contributed by atoms with Crippen LogP contribution in [0.2, 0.25) is 0 Å². The molecule has 1 fully saturated rings. The molecule has 1 aromatic rings. The molecular formula is C13H18Br2N2.